The molecule has 4 aromatic rings. The summed E-state index contributed by atoms with van der Waals surface area (Å²) in [5, 5.41) is 10.5. The molecule has 0 aliphatic heterocycles. The van der Waals surface area contributed by atoms with E-state index in [0.717, 1.165) is 25.3 Å². The summed E-state index contributed by atoms with van der Waals surface area (Å²) in [6, 6.07) is 8.78. The quantitative estimate of drug-likeness (QED) is 0.309. The number of carboxylic acid groups (broad SMARTS) is 1. The first-order valence-corrected chi connectivity index (χ1v) is 14.1. The number of aromatic nitrogens is 2. The lowest BCUT2D eigenvalue weighted by Gasteiger charge is -2.13. The number of rotatable bonds is 10. The number of sulfone groups is 1. The average molecular weight is 544 g/mol. The van der Waals surface area contributed by atoms with Crippen LogP contribution in [0.25, 0.3) is 22.0 Å². The molecule has 2 heterocycles. The molecule has 4 rings (SSSR count). The maximum Gasteiger partial charge on any atom is 0.419 e. The molecule has 0 aliphatic rings. The molecule has 1 atom stereocenters. The first-order chi connectivity index (χ1) is 17.9. The Hall–Kier alpha value is -3.70. The second-order valence-corrected chi connectivity index (χ2v) is 11.9. The van der Waals surface area contributed by atoms with Gasteiger partial charge in [0.15, 0.2) is 9.84 Å². The smallest absolute Gasteiger partial charge is 0.419 e. The highest BCUT2D eigenvalue weighted by molar-refractivity contribution is 7.89. The van der Waals surface area contributed by atoms with E-state index in [1.807, 2.05) is 25.9 Å². The standard InChI is InChI=1S/C27H30FN3O6S/c1-16(31-14-19(37-27(31)34)7-6-12-30(2)3)20-8-5-9-21-23(25(26(32)33)29-24(20)21)17-10-11-18(22(28)13-17)15-38(4,35)36/h5,8-11,13-14,16,29H,6-7,12,15H2,1-4H3,(H,32,33). The van der Waals surface area contributed by atoms with Crippen molar-refractivity contribution >= 4 is 26.7 Å². The van der Waals surface area contributed by atoms with Gasteiger partial charge in [0, 0.05) is 35.4 Å². The number of nitrogens with zero attached hydrogens (tertiary/aromatic N) is 2. The number of para-hydroxylation sites is 1. The van der Waals surface area contributed by atoms with E-state index in [2.05, 4.69) is 4.98 Å². The highest BCUT2D eigenvalue weighted by Crippen LogP contribution is 2.37. The minimum atomic E-state index is -3.45. The number of aromatic carboxylic acids is 1. The highest BCUT2D eigenvalue weighted by Gasteiger charge is 2.24. The number of oxazole rings is 1. The number of nitrogens with one attached hydrogen (secondary N) is 1. The number of carboxylic acids is 1. The SMILES string of the molecule is CC(c1cccc2c(-c3ccc(CS(C)(=O)=O)c(F)c3)c(C(=O)O)[nH]c12)n1cc(CCCN(C)C)oc1=O. The second kappa shape index (κ2) is 10.6. The van der Waals surface area contributed by atoms with E-state index in [1.165, 1.54) is 16.7 Å². The molecule has 0 bridgehead atoms. The van der Waals surface area contributed by atoms with Crippen molar-refractivity contribution in [2.24, 2.45) is 0 Å². The summed E-state index contributed by atoms with van der Waals surface area (Å²) in [5.74, 6) is -2.38. The Bertz CT molecular complexity index is 1670. The summed E-state index contributed by atoms with van der Waals surface area (Å²) in [5.41, 5.74) is 1.58. The summed E-state index contributed by atoms with van der Waals surface area (Å²) in [7, 11) is 0.488. The Labute approximate surface area is 219 Å². The van der Waals surface area contributed by atoms with Crippen LogP contribution in [0.4, 0.5) is 4.39 Å². The third-order valence-electron chi connectivity index (χ3n) is 6.45. The number of benzene rings is 2. The minimum absolute atomic E-state index is 0.00277. The number of aromatic amines is 1. The molecule has 0 radical (unpaired) electrons. The molecule has 202 valence electrons. The van der Waals surface area contributed by atoms with E-state index >= 15 is 0 Å². The second-order valence-electron chi connectivity index (χ2n) is 9.78. The van der Waals surface area contributed by atoms with Gasteiger partial charge in [-0.3, -0.25) is 4.57 Å². The molecule has 9 nitrogen and oxygen atoms in total. The first kappa shape index (κ1) is 27.3. The zero-order valence-corrected chi connectivity index (χ0v) is 22.4. The molecule has 0 spiro atoms. The fourth-order valence-corrected chi connectivity index (χ4v) is 5.45. The molecule has 0 fully saturated rings. The molecular weight excluding hydrogens is 513 g/mol. The maximum atomic E-state index is 14.8. The number of carbonyl (C=O) groups is 1. The normalized spacial score (nSPS) is 12.9. The minimum Gasteiger partial charge on any atom is -0.477 e. The van der Waals surface area contributed by atoms with Crippen LogP contribution in [-0.2, 0) is 22.0 Å². The van der Waals surface area contributed by atoms with E-state index in [-0.39, 0.29) is 22.4 Å². The summed E-state index contributed by atoms with van der Waals surface area (Å²) in [6.07, 6.45) is 4.13. The van der Waals surface area contributed by atoms with Crippen molar-refractivity contribution in [3.63, 3.8) is 0 Å². The molecule has 1 unspecified atom stereocenters. The molecule has 2 aromatic heterocycles. The van der Waals surface area contributed by atoms with Crippen LogP contribution in [-0.4, -0.2) is 60.8 Å². The molecule has 0 amide bonds. The van der Waals surface area contributed by atoms with E-state index in [1.54, 1.807) is 24.4 Å². The fraction of sp³-hybridized carbons (Fsp3) is 0.333. The lowest BCUT2D eigenvalue weighted by Crippen LogP contribution is -2.18. The van der Waals surface area contributed by atoms with Gasteiger partial charge in [0.2, 0.25) is 0 Å². The number of hydrogen-bond acceptors (Lipinski definition) is 6. The number of fused-ring (bicyclic) bond motifs is 1. The summed E-state index contributed by atoms with van der Waals surface area (Å²) >= 11 is 0. The van der Waals surface area contributed by atoms with Crippen molar-refractivity contribution in [3.05, 3.63) is 81.5 Å². The largest absolute Gasteiger partial charge is 0.477 e. The van der Waals surface area contributed by atoms with Gasteiger partial charge < -0.3 is 19.4 Å². The topological polar surface area (TPSA) is 126 Å². The lowest BCUT2D eigenvalue weighted by atomic mass is 9.98. The van der Waals surface area contributed by atoms with Crippen molar-refractivity contribution < 1.29 is 27.1 Å². The van der Waals surface area contributed by atoms with Crippen LogP contribution in [0.15, 0.2) is 51.8 Å². The molecule has 2 N–H and O–H groups in total. The van der Waals surface area contributed by atoms with Gasteiger partial charge in [-0.1, -0.05) is 30.3 Å². The molecule has 0 saturated heterocycles. The molecule has 0 saturated carbocycles. The van der Waals surface area contributed by atoms with Crippen LogP contribution in [0.1, 0.15) is 46.8 Å². The van der Waals surface area contributed by atoms with Gasteiger partial charge in [0.25, 0.3) is 0 Å². The van der Waals surface area contributed by atoms with E-state index < -0.39 is 39.2 Å². The van der Waals surface area contributed by atoms with Crippen LogP contribution in [0.2, 0.25) is 0 Å². The third kappa shape index (κ3) is 5.73. The average Bonchev–Trinajstić information content (AvgIpc) is 3.39. The Morgan fingerprint density at radius 3 is 2.61 bits per heavy atom. The third-order valence-corrected chi connectivity index (χ3v) is 7.28. The van der Waals surface area contributed by atoms with E-state index in [4.69, 9.17) is 4.42 Å². The Kier molecular flexibility index (Phi) is 7.61. The monoisotopic (exact) mass is 543 g/mol. The molecular formula is C27H30FN3O6S. The Morgan fingerprint density at radius 2 is 1.97 bits per heavy atom. The van der Waals surface area contributed by atoms with E-state index in [0.29, 0.717) is 28.6 Å². The van der Waals surface area contributed by atoms with Gasteiger partial charge in [0.1, 0.15) is 17.3 Å². The van der Waals surface area contributed by atoms with Crippen LogP contribution >= 0.6 is 0 Å². The van der Waals surface area contributed by atoms with Crippen LogP contribution < -0.4 is 5.76 Å². The van der Waals surface area contributed by atoms with Crippen molar-refractivity contribution in [2.75, 3.05) is 26.9 Å². The maximum absolute atomic E-state index is 14.8. The van der Waals surface area contributed by atoms with Gasteiger partial charge >= 0.3 is 11.7 Å². The molecule has 11 heteroatoms. The predicted molar refractivity (Wildman–Crippen MR) is 143 cm³/mol. The number of halogens is 1. The van der Waals surface area contributed by atoms with Crippen LogP contribution in [0.5, 0.6) is 0 Å². The number of aryl methyl sites for hydroxylation is 1. The van der Waals surface area contributed by atoms with Crippen molar-refractivity contribution in [3.8, 4) is 11.1 Å². The number of H-pyrrole nitrogens is 1. The zero-order valence-electron chi connectivity index (χ0n) is 21.6. The zero-order chi connectivity index (χ0) is 27.8. The van der Waals surface area contributed by atoms with Gasteiger partial charge in [-0.15, -0.1) is 0 Å². The summed E-state index contributed by atoms with van der Waals surface area (Å²) < 4.78 is 45.0. The Morgan fingerprint density at radius 1 is 1.24 bits per heavy atom. The molecule has 0 aliphatic carbocycles. The van der Waals surface area contributed by atoms with Crippen molar-refractivity contribution in [1.82, 2.24) is 14.5 Å². The van der Waals surface area contributed by atoms with Crippen LogP contribution in [0.3, 0.4) is 0 Å². The summed E-state index contributed by atoms with van der Waals surface area (Å²) in [6.45, 7) is 2.67. The Balaban J connectivity index is 1.78. The van der Waals surface area contributed by atoms with Gasteiger partial charge in [-0.2, -0.15) is 0 Å². The highest BCUT2D eigenvalue weighted by atomic mass is 32.2. The van der Waals surface area contributed by atoms with E-state index in [9.17, 15) is 27.5 Å². The van der Waals surface area contributed by atoms with Crippen molar-refractivity contribution in [2.45, 2.75) is 31.6 Å². The fourth-order valence-electron chi connectivity index (χ4n) is 4.65. The number of hydrogen-bond donors (Lipinski definition) is 2. The van der Waals surface area contributed by atoms with Crippen LogP contribution in [0, 0.1) is 5.82 Å². The lowest BCUT2D eigenvalue weighted by molar-refractivity contribution is 0.0692. The van der Waals surface area contributed by atoms with Gasteiger partial charge in [-0.25, -0.2) is 22.4 Å². The first-order valence-electron chi connectivity index (χ1n) is 12.1. The molecule has 2 aromatic carbocycles. The predicted octanol–water partition coefficient (Wildman–Crippen LogP) is 4.08. The molecule has 38 heavy (non-hydrogen) atoms. The van der Waals surface area contributed by atoms with Gasteiger partial charge in [-0.05, 0) is 51.2 Å². The van der Waals surface area contributed by atoms with Gasteiger partial charge in [0.05, 0.1) is 17.3 Å². The van der Waals surface area contributed by atoms with Crippen molar-refractivity contribution in [1.29, 1.82) is 0 Å². The summed E-state index contributed by atoms with van der Waals surface area (Å²) in [4.78, 5) is 29.8.